The number of hydrogen-bond acceptors (Lipinski definition) is 15. The van der Waals surface area contributed by atoms with Gasteiger partial charge in [-0.3, -0.25) is 19.2 Å². The third-order valence-corrected chi connectivity index (χ3v) is 16.0. The molecule has 1 aromatic carbocycles. The number of Topliss-reactive ketones (excluding diaryl/α,β-unsaturated/α-hetero) is 3. The third-order valence-electron chi connectivity index (χ3n) is 16.0. The molecule has 76 heavy (non-hydrogen) atoms. The minimum Gasteiger partial charge on any atom is -0.460 e. The Morgan fingerprint density at radius 1 is 0.882 bits per heavy atom. The van der Waals surface area contributed by atoms with Crippen molar-refractivity contribution < 1.29 is 67.4 Å². The van der Waals surface area contributed by atoms with E-state index in [0.29, 0.717) is 75.5 Å². The number of rotatable bonds is 9. The summed E-state index contributed by atoms with van der Waals surface area (Å²) in [6.07, 6.45) is 10.2. The Morgan fingerprint density at radius 3 is 2.28 bits per heavy atom. The number of carbonyl (C=O) groups is 6. The molecule has 0 radical (unpaired) electrons. The molecule has 18 heteroatoms. The van der Waals surface area contributed by atoms with E-state index in [-0.39, 0.29) is 48.4 Å². The van der Waals surface area contributed by atoms with E-state index in [2.05, 4.69) is 10.0 Å². The van der Waals surface area contributed by atoms with E-state index in [1.807, 2.05) is 51.2 Å². The summed E-state index contributed by atoms with van der Waals surface area (Å²) in [5, 5.41) is 27.1. The Kier molecular flexibility index (Phi) is 23.4. The quantitative estimate of drug-likeness (QED) is 0.0585. The number of methoxy groups -OCH3 is 3. The molecule has 1 amide bonds. The fraction of sp³-hybridized carbons (Fsp3) is 0.655. The predicted octanol–water partition coefficient (Wildman–Crippen LogP) is 8.99. The first-order valence-electron chi connectivity index (χ1n) is 27.0. The van der Waals surface area contributed by atoms with Gasteiger partial charge in [0.2, 0.25) is 5.79 Å². The van der Waals surface area contributed by atoms with Crippen molar-refractivity contribution >= 4 is 40.9 Å². The Morgan fingerprint density at radius 2 is 1.61 bits per heavy atom. The second kappa shape index (κ2) is 28.9. The maximum Gasteiger partial charge on any atom is 0.338 e. The highest BCUT2D eigenvalue weighted by atomic mass is 16.6. The van der Waals surface area contributed by atoms with Gasteiger partial charge < -0.3 is 43.5 Å². The van der Waals surface area contributed by atoms with E-state index >= 15 is 0 Å². The molecule has 15 atom stereocenters. The number of hydrogen-bond donors (Lipinski definition) is 2. The van der Waals surface area contributed by atoms with Crippen LogP contribution >= 0.6 is 0 Å². The van der Waals surface area contributed by atoms with E-state index in [9.17, 15) is 39.0 Å². The summed E-state index contributed by atoms with van der Waals surface area (Å²) < 4.78 is 35.7. The number of aliphatic hydroxyl groups is 2. The van der Waals surface area contributed by atoms with Crippen molar-refractivity contribution in [3.63, 3.8) is 0 Å². The van der Waals surface area contributed by atoms with Crippen LogP contribution in [0, 0.1) is 35.5 Å². The Labute approximate surface area is 448 Å². The highest BCUT2D eigenvalue weighted by molar-refractivity contribution is 6.39. The van der Waals surface area contributed by atoms with E-state index in [1.165, 1.54) is 36.3 Å². The first-order valence-corrected chi connectivity index (χ1v) is 27.0. The number of esters is 2. The molecule has 3 heterocycles. The zero-order valence-corrected chi connectivity index (χ0v) is 46.1. The Hall–Kier alpha value is -5.33. The van der Waals surface area contributed by atoms with Crippen LogP contribution in [0.15, 0.2) is 77.0 Å². The van der Waals surface area contributed by atoms with Crippen LogP contribution in [0.5, 0.6) is 0 Å². The third kappa shape index (κ3) is 16.1. The van der Waals surface area contributed by atoms with Gasteiger partial charge in [0, 0.05) is 69.1 Å². The summed E-state index contributed by atoms with van der Waals surface area (Å²) in [5.74, 6) is -9.08. The van der Waals surface area contributed by atoms with Crippen molar-refractivity contribution in [2.24, 2.45) is 40.6 Å². The van der Waals surface area contributed by atoms with Crippen molar-refractivity contribution in [3.8, 4) is 0 Å². The van der Waals surface area contributed by atoms with E-state index < -0.39 is 102 Å². The number of ketones is 3. The van der Waals surface area contributed by atoms with Crippen LogP contribution in [0.1, 0.15) is 136 Å². The second-order valence-electron chi connectivity index (χ2n) is 21.7. The first kappa shape index (κ1) is 61.5. The number of carbonyl (C=O) groups excluding carboxylic acids is 6. The molecule has 0 spiro atoms. The highest BCUT2D eigenvalue weighted by Gasteiger charge is 2.53. The van der Waals surface area contributed by atoms with Gasteiger partial charge in [0.1, 0.15) is 36.2 Å². The van der Waals surface area contributed by atoms with Gasteiger partial charge in [-0.2, -0.15) is 0 Å². The average molecular weight is 1060 g/mol. The summed E-state index contributed by atoms with van der Waals surface area (Å²) in [4.78, 5) is 88.6. The molecule has 2 N–H and O–H groups in total. The SMILES string of the molecule is CO[C@H]1C[C@@H]2CC[C@@H](C)[C@@](O)(O2)C(=O)C(=O)N2CCCC[C@H]2C(=O)O[C@H]([C@H](C)C[C@H]2CC[C@@H](OC(=O)c3ccc(N=[N+]=[N-])cc3)[C@H](OC)C2)CC(=O)[C@H](C)/C=C(\C)[C@@H](O)[C@@H](OC)C(=O)[C@H](C)C[C@H](C)/C=C/C=C/C=C/1C. The zero-order valence-electron chi connectivity index (χ0n) is 46.1. The number of azide groups is 1. The van der Waals surface area contributed by atoms with Gasteiger partial charge in [-0.05, 0) is 125 Å². The normalized spacial score (nSPS) is 36.0. The van der Waals surface area contributed by atoms with Gasteiger partial charge in [0.15, 0.2) is 5.78 Å². The summed E-state index contributed by atoms with van der Waals surface area (Å²) in [7, 11) is 4.48. The maximum atomic E-state index is 14.6. The number of cyclic esters (lactones) is 1. The molecule has 2 saturated heterocycles. The number of ether oxygens (including phenoxy) is 6. The molecule has 1 aliphatic carbocycles. The predicted molar refractivity (Wildman–Crippen MR) is 284 cm³/mol. The molecule has 1 saturated carbocycles. The van der Waals surface area contributed by atoms with Crippen LogP contribution in [0.2, 0.25) is 0 Å². The van der Waals surface area contributed by atoms with Crippen molar-refractivity contribution in [3.05, 3.63) is 87.9 Å². The number of nitrogens with zero attached hydrogens (tertiary/aromatic N) is 4. The smallest absolute Gasteiger partial charge is 0.338 e. The van der Waals surface area contributed by atoms with Gasteiger partial charge in [-0.25, -0.2) is 9.59 Å². The summed E-state index contributed by atoms with van der Waals surface area (Å²) in [5.41, 5.74) is 10.6. The molecule has 2 bridgehead atoms. The minimum absolute atomic E-state index is 0.00559. The van der Waals surface area contributed by atoms with E-state index in [0.717, 1.165) is 5.57 Å². The molecule has 4 aliphatic rings. The fourth-order valence-electron chi connectivity index (χ4n) is 11.2. The van der Waals surface area contributed by atoms with Crippen molar-refractivity contribution in [2.45, 2.75) is 180 Å². The topological polar surface area (TPSA) is 250 Å². The minimum atomic E-state index is -2.47. The largest absolute Gasteiger partial charge is 0.460 e. The van der Waals surface area contributed by atoms with Gasteiger partial charge in [0.05, 0.1) is 23.9 Å². The molecule has 5 rings (SSSR count). The van der Waals surface area contributed by atoms with E-state index in [1.54, 1.807) is 48.0 Å². The monoisotopic (exact) mass is 1060 g/mol. The molecule has 0 aromatic heterocycles. The average Bonchev–Trinajstić information content (AvgIpc) is 3.40. The molecule has 3 fully saturated rings. The standard InChI is InChI=1S/C58H82N4O14/c1-34-16-12-11-13-17-35(2)48(71-8)32-44-25-19-40(7)58(70,76-44)54(66)55(67)62-27-15-14-18-45(62)57(69)75-49(33-46(63)36(3)29-39(6)52(65)53(73-10)51(64)38(5)28-34)37(4)30-41-20-26-47(50(31-41)72-9)74-56(68)42-21-23-43(24-22-42)60-61-59/h11-13,16-17,21-24,29,34,36-38,40-41,44-45,47-50,52-53,65,70H,14-15,18-20,25-28,30-33H2,1-10H3/b13-11+,16-12+,35-17+,39-29+/t34-,36-,37-,38-,40-,41-,44+,45+,47-,48+,49+,50-,52-,53+,58-/m1/s1. The molecule has 0 unspecified atom stereocenters. The molecular weight excluding hydrogens is 977 g/mol. The van der Waals surface area contributed by atoms with Crippen LogP contribution in [0.25, 0.3) is 10.4 Å². The fourth-order valence-corrected chi connectivity index (χ4v) is 11.2. The lowest BCUT2D eigenvalue weighted by Crippen LogP contribution is -2.61. The maximum absolute atomic E-state index is 14.6. The molecule has 3 aliphatic heterocycles. The Balaban J connectivity index is 1.44. The highest BCUT2D eigenvalue weighted by Crippen LogP contribution is 2.38. The Bertz CT molecular complexity index is 2360. The lowest BCUT2D eigenvalue weighted by molar-refractivity contribution is -0.265. The van der Waals surface area contributed by atoms with Crippen LogP contribution in [0.3, 0.4) is 0 Å². The summed E-state index contributed by atoms with van der Waals surface area (Å²) >= 11 is 0. The lowest BCUT2D eigenvalue weighted by Gasteiger charge is -2.42. The number of fused-ring (bicyclic) bond motifs is 3. The van der Waals surface area contributed by atoms with E-state index in [4.69, 9.17) is 34.0 Å². The number of benzene rings is 1. The van der Waals surface area contributed by atoms with Gasteiger partial charge >= 0.3 is 11.9 Å². The second-order valence-corrected chi connectivity index (χ2v) is 21.7. The van der Waals surface area contributed by atoms with Gasteiger partial charge in [-0.15, -0.1) is 0 Å². The van der Waals surface area contributed by atoms with Crippen molar-refractivity contribution in [2.75, 3.05) is 27.9 Å². The molecule has 1 aromatic rings. The molecule has 18 nitrogen and oxygen atoms in total. The van der Waals surface area contributed by atoms with Gasteiger partial charge in [-0.1, -0.05) is 88.3 Å². The lowest BCUT2D eigenvalue weighted by atomic mass is 9.78. The first-order chi connectivity index (χ1) is 36.1. The van der Waals surface area contributed by atoms with Crippen LogP contribution in [0.4, 0.5) is 5.69 Å². The molecule has 418 valence electrons. The number of allylic oxidation sites excluding steroid dienone is 6. The number of amides is 1. The van der Waals surface area contributed by atoms with Gasteiger partial charge in [0.25, 0.3) is 11.7 Å². The number of aliphatic hydroxyl groups excluding tert-OH is 1. The zero-order chi connectivity index (χ0) is 55.9. The van der Waals surface area contributed by atoms with Crippen molar-refractivity contribution in [1.82, 2.24) is 4.90 Å². The molecular formula is C58H82N4O14. The van der Waals surface area contributed by atoms with Crippen LogP contribution in [-0.2, 0) is 52.4 Å². The number of piperidine rings is 1. The van der Waals surface area contributed by atoms with Crippen LogP contribution in [-0.4, -0.2) is 133 Å². The van der Waals surface area contributed by atoms with Crippen molar-refractivity contribution in [1.29, 1.82) is 0 Å². The summed E-state index contributed by atoms with van der Waals surface area (Å²) in [6, 6.07) is 4.89. The van der Waals surface area contributed by atoms with Crippen LogP contribution < -0.4 is 0 Å². The summed E-state index contributed by atoms with van der Waals surface area (Å²) in [6.45, 7) is 12.6.